The van der Waals surface area contributed by atoms with Gasteiger partial charge < -0.3 is 15.1 Å². The van der Waals surface area contributed by atoms with Gasteiger partial charge in [-0.05, 0) is 75.5 Å². The third-order valence-electron chi connectivity index (χ3n) is 7.14. The summed E-state index contributed by atoms with van der Waals surface area (Å²) in [5.74, 6) is 0.0957. The third kappa shape index (κ3) is 6.45. The summed E-state index contributed by atoms with van der Waals surface area (Å²) >= 11 is 6.26. The molecule has 2 heterocycles. The van der Waals surface area contributed by atoms with Gasteiger partial charge in [0, 0.05) is 47.8 Å². The van der Waals surface area contributed by atoms with Crippen molar-refractivity contribution in [1.82, 2.24) is 30.5 Å². The minimum Gasteiger partial charge on any atom is -0.411 e. The molecule has 0 bridgehead atoms. The van der Waals surface area contributed by atoms with Crippen LogP contribution in [0.1, 0.15) is 50.8 Å². The number of aromatic nitrogens is 5. The SMILES string of the molecule is Cc1cc(Cl)ccc1C(CC(=NO)c1ccc(=O)n(C)c1)c1ccc(-c2ccc(C(=O)NCc3nnn[nH]3)cc2)cc1. The summed E-state index contributed by atoms with van der Waals surface area (Å²) in [6, 6.07) is 24.4. The monoisotopic (exact) mass is 581 g/mol. The molecule has 10 nitrogen and oxygen atoms in total. The maximum absolute atomic E-state index is 12.5. The number of nitrogens with one attached hydrogen (secondary N) is 2. The average molecular weight is 582 g/mol. The zero-order chi connectivity index (χ0) is 29.6. The highest BCUT2D eigenvalue weighted by Crippen LogP contribution is 2.34. The molecule has 0 radical (unpaired) electrons. The number of carbonyl (C=O) groups excluding carboxylic acids is 1. The lowest BCUT2D eigenvalue weighted by molar-refractivity contribution is 0.0950. The van der Waals surface area contributed by atoms with Gasteiger partial charge in [-0.3, -0.25) is 9.59 Å². The Morgan fingerprint density at radius 3 is 2.33 bits per heavy atom. The lowest BCUT2D eigenvalue weighted by Gasteiger charge is -2.21. The number of carbonyl (C=O) groups is 1. The molecule has 0 spiro atoms. The van der Waals surface area contributed by atoms with Gasteiger partial charge in [0.1, 0.15) is 0 Å². The second-order valence-corrected chi connectivity index (χ2v) is 10.3. The average Bonchev–Trinajstić information content (AvgIpc) is 3.53. The molecule has 2 aromatic heterocycles. The van der Waals surface area contributed by atoms with Crippen LogP contribution in [-0.4, -0.2) is 42.0 Å². The number of hydrogen-bond acceptors (Lipinski definition) is 7. The van der Waals surface area contributed by atoms with Crippen LogP contribution in [0.3, 0.4) is 0 Å². The summed E-state index contributed by atoms with van der Waals surface area (Å²) in [6.45, 7) is 2.21. The van der Waals surface area contributed by atoms with Crippen molar-refractivity contribution < 1.29 is 10.0 Å². The first-order valence-electron chi connectivity index (χ1n) is 13.2. The number of H-pyrrole nitrogens is 1. The molecule has 42 heavy (non-hydrogen) atoms. The van der Waals surface area contributed by atoms with E-state index in [1.165, 1.54) is 10.6 Å². The molecule has 0 aliphatic heterocycles. The number of benzene rings is 3. The van der Waals surface area contributed by atoms with Gasteiger partial charge in [0.25, 0.3) is 5.91 Å². The topological polar surface area (TPSA) is 138 Å². The lowest BCUT2D eigenvalue weighted by Crippen LogP contribution is -2.23. The minimum absolute atomic E-state index is 0.144. The van der Waals surface area contributed by atoms with Crippen LogP contribution in [0.5, 0.6) is 0 Å². The highest BCUT2D eigenvalue weighted by atomic mass is 35.5. The quantitative estimate of drug-likeness (QED) is 0.129. The van der Waals surface area contributed by atoms with Crippen LogP contribution in [0.4, 0.5) is 0 Å². The van der Waals surface area contributed by atoms with E-state index in [-0.39, 0.29) is 23.9 Å². The minimum atomic E-state index is -0.227. The fourth-order valence-electron chi connectivity index (χ4n) is 4.85. The van der Waals surface area contributed by atoms with Crippen LogP contribution >= 0.6 is 11.6 Å². The number of aromatic amines is 1. The van der Waals surface area contributed by atoms with Crippen molar-refractivity contribution in [2.45, 2.75) is 25.8 Å². The first-order chi connectivity index (χ1) is 20.3. The van der Waals surface area contributed by atoms with Crippen LogP contribution in [-0.2, 0) is 13.6 Å². The maximum atomic E-state index is 12.5. The summed E-state index contributed by atoms with van der Waals surface area (Å²) in [4.78, 5) is 24.4. The number of hydrogen-bond donors (Lipinski definition) is 3. The van der Waals surface area contributed by atoms with Crippen LogP contribution in [0, 0.1) is 6.92 Å². The van der Waals surface area contributed by atoms with E-state index >= 15 is 0 Å². The summed E-state index contributed by atoms with van der Waals surface area (Å²) in [5.41, 5.74) is 6.53. The van der Waals surface area contributed by atoms with E-state index in [0.29, 0.717) is 34.1 Å². The van der Waals surface area contributed by atoms with Gasteiger partial charge in [-0.15, -0.1) is 5.10 Å². The van der Waals surface area contributed by atoms with Crippen molar-refractivity contribution in [3.63, 3.8) is 0 Å². The van der Waals surface area contributed by atoms with Gasteiger partial charge in [0.05, 0.1) is 12.3 Å². The van der Waals surface area contributed by atoms with Crippen LogP contribution in [0.25, 0.3) is 11.1 Å². The van der Waals surface area contributed by atoms with Gasteiger partial charge in [0.2, 0.25) is 5.56 Å². The van der Waals surface area contributed by atoms with Gasteiger partial charge in [-0.1, -0.05) is 59.2 Å². The maximum Gasteiger partial charge on any atom is 0.251 e. The zero-order valence-electron chi connectivity index (χ0n) is 23.0. The Bertz CT molecular complexity index is 1780. The molecule has 0 saturated carbocycles. The Labute approximate surface area is 246 Å². The van der Waals surface area contributed by atoms with Crippen molar-refractivity contribution in [3.8, 4) is 11.1 Å². The van der Waals surface area contributed by atoms with E-state index in [0.717, 1.165) is 27.8 Å². The molecule has 3 N–H and O–H groups in total. The molecule has 1 unspecified atom stereocenters. The number of pyridine rings is 1. The number of rotatable bonds is 9. The largest absolute Gasteiger partial charge is 0.411 e. The smallest absolute Gasteiger partial charge is 0.251 e. The van der Waals surface area contributed by atoms with Gasteiger partial charge in [-0.2, -0.15) is 0 Å². The van der Waals surface area contributed by atoms with Gasteiger partial charge in [0.15, 0.2) is 5.82 Å². The van der Waals surface area contributed by atoms with Crippen LogP contribution in [0.15, 0.2) is 95.0 Å². The Morgan fingerprint density at radius 1 is 1.02 bits per heavy atom. The molecule has 5 rings (SSSR count). The number of halogens is 1. The number of tetrazole rings is 1. The van der Waals surface area contributed by atoms with E-state index in [1.807, 2.05) is 49.4 Å². The summed E-state index contributed by atoms with van der Waals surface area (Å²) in [6.07, 6.45) is 2.06. The molecule has 0 saturated heterocycles. The molecule has 0 aliphatic carbocycles. The Balaban J connectivity index is 1.39. The first-order valence-corrected chi connectivity index (χ1v) is 13.6. The van der Waals surface area contributed by atoms with Crippen molar-refractivity contribution in [3.05, 3.63) is 134 Å². The Hall–Kier alpha value is -5.09. The molecule has 11 heteroatoms. The van der Waals surface area contributed by atoms with E-state index in [2.05, 4.69) is 43.2 Å². The second-order valence-electron chi connectivity index (χ2n) is 9.90. The lowest BCUT2D eigenvalue weighted by atomic mass is 9.83. The van der Waals surface area contributed by atoms with Crippen LogP contribution < -0.4 is 10.9 Å². The fourth-order valence-corrected chi connectivity index (χ4v) is 5.08. The molecular formula is C31H28ClN7O3. The standard InChI is InChI=1S/C31H28ClN7O3/c1-19-15-25(32)12-13-26(19)27(16-28(36-42)24-11-14-30(40)39(2)18-24)22-7-3-20(4-8-22)21-5-9-23(10-6-21)31(41)33-17-29-34-37-38-35-29/h3-15,18,27,42H,16-17H2,1-2H3,(H,33,41)(H,34,35,37,38). The summed E-state index contributed by atoms with van der Waals surface area (Å²) in [5, 5.41) is 30.4. The molecular weight excluding hydrogens is 554 g/mol. The van der Waals surface area contributed by atoms with Crippen molar-refractivity contribution >= 4 is 23.2 Å². The van der Waals surface area contributed by atoms with E-state index in [1.54, 1.807) is 31.4 Å². The van der Waals surface area contributed by atoms with Gasteiger partial charge in [-0.25, -0.2) is 5.10 Å². The van der Waals surface area contributed by atoms with Crippen molar-refractivity contribution in [2.75, 3.05) is 0 Å². The third-order valence-corrected chi connectivity index (χ3v) is 7.38. The highest BCUT2D eigenvalue weighted by molar-refractivity contribution is 6.30. The van der Waals surface area contributed by atoms with Crippen molar-refractivity contribution in [1.29, 1.82) is 0 Å². The molecule has 5 aromatic rings. The summed E-state index contributed by atoms with van der Waals surface area (Å²) < 4.78 is 1.46. The molecule has 3 aromatic carbocycles. The van der Waals surface area contributed by atoms with E-state index in [4.69, 9.17) is 11.6 Å². The number of nitrogens with zero attached hydrogens (tertiary/aromatic N) is 5. The fraction of sp³-hybridized carbons (Fsp3) is 0.161. The second kappa shape index (κ2) is 12.6. The zero-order valence-corrected chi connectivity index (χ0v) is 23.7. The van der Waals surface area contributed by atoms with E-state index in [9.17, 15) is 14.8 Å². The Morgan fingerprint density at radius 2 is 1.71 bits per heavy atom. The molecule has 212 valence electrons. The molecule has 0 aliphatic rings. The number of oxime groups is 1. The van der Waals surface area contributed by atoms with Crippen LogP contribution in [0.2, 0.25) is 5.02 Å². The van der Waals surface area contributed by atoms with E-state index < -0.39 is 0 Å². The molecule has 0 fully saturated rings. The number of aryl methyl sites for hydroxylation is 2. The molecule has 1 amide bonds. The first kappa shape index (κ1) is 28.4. The van der Waals surface area contributed by atoms with Gasteiger partial charge >= 0.3 is 0 Å². The highest BCUT2D eigenvalue weighted by Gasteiger charge is 2.21. The normalized spacial score (nSPS) is 12.2. The van der Waals surface area contributed by atoms with Crippen molar-refractivity contribution in [2.24, 2.45) is 12.2 Å². The molecule has 1 atom stereocenters. The predicted molar refractivity (Wildman–Crippen MR) is 160 cm³/mol. The Kier molecular flexibility index (Phi) is 8.54. The number of amides is 1. The predicted octanol–water partition coefficient (Wildman–Crippen LogP) is 4.86. The summed E-state index contributed by atoms with van der Waals surface area (Å²) in [7, 11) is 1.66.